The highest BCUT2D eigenvalue weighted by Crippen LogP contribution is 2.51. The van der Waals surface area contributed by atoms with Crippen molar-refractivity contribution in [2.24, 2.45) is 0 Å². The lowest BCUT2D eigenvalue weighted by molar-refractivity contribution is -0.438. The zero-order valence-corrected chi connectivity index (χ0v) is 47.6. The van der Waals surface area contributed by atoms with E-state index in [4.69, 9.17) is 18.9 Å². The van der Waals surface area contributed by atoms with E-state index in [-0.39, 0.29) is 87.1 Å². The molecule has 0 bridgehead atoms. The number of hydrogen-bond donors (Lipinski definition) is 9. The van der Waals surface area contributed by atoms with E-state index in [9.17, 15) is 76.8 Å². The Kier molecular flexibility index (Phi) is 22.9. The van der Waals surface area contributed by atoms with Crippen LogP contribution in [0.15, 0.2) is 82.3 Å². The average Bonchev–Trinajstić information content (AvgIpc) is 3.99. The van der Waals surface area contributed by atoms with Crippen molar-refractivity contribution >= 4 is 69.6 Å². The standard InChI is InChI=1S/C50H72N4O21S4/c1-49(2)36-31-34(78(66,67)68)18-20-38(36)53(24-11-6-9-17-43(56)52-23-26-72-27-28-73-47-46(75-48(59)51-4)45(58)44(57)40(33-55)74-47)41(49)15-7-5-8-16-42-50(3,22-10-13-29-76(60,61)62)37-32-35(79(69,70)71)19-21-39(37)54(42)25-12-14-30-77(63,64)65/h5,7-8,15-16,18-21,31-32,40,44-47,55,57-58H,6,9-14,17,22-30,33H2,1-4H3,(H5-,51,52,56,59,60,61,62,63,64,65,66,67,68,69,70,71)/p+1/t40-,44-,45+,46+,47+,50?/m1/s1. The molecule has 0 aromatic heterocycles. The maximum absolute atomic E-state index is 12.7. The minimum Gasteiger partial charge on any atom is -0.438 e. The van der Waals surface area contributed by atoms with Gasteiger partial charge in [0.2, 0.25) is 11.6 Å². The number of carbonyl (C=O) groups is 2. The van der Waals surface area contributed by atoms with Crippen molar-refractivity contribution in [2.45, 2.75) is 130 Å². The lowest BCUT2D eigenvalue weighted by Gasteiger charge is -2.41. The normalized spacial score (nSPS) is 22.9. The summed E-state index contributed by atoms with van der Waals surface area (Å²) in [5.74, 6) is -1.22. The summed E-state index contributed by atoms with van der Waals surface area (Å²) in [4.78, 5) is 25.7. The van der Waals surface area contributed by atoms with Crippen molar-refractivity contribution in [1.29, 1.82) is 0 Å². The van der Waals surface area contributed by atoms with Crippen LogP contribution in [0.3, 0.4) is 0 Å². The fourth-order valence-electron chi connectivity index (χ4n) is 9.83. The third-order valence-corrected chi connectivity index (χ3v) is 17.2. The molecule has 2 aromatic rings. The average molecular weight is 1190 g/mol. The number of aliphatic hydroxyl groups excluding tert-OH is 3. The van der Waals surface area contributed by atoms with E-state index >= 15 is 0 Å². The van der Waals surface area contributed by atoms with Crippen molar-refractivity contribution in [3.63, 3.8) is 0 Å². The quantitative estimate of drug-likeness (QED) is 0.0235. The van der Waals surface area contributed by atoms with Gasteiger partial charge in [-0.05, 0) is 101 Å². The van der Waals surface area contributed by atoms with Gasteiger partial charge < -0.3 is 49.8 Å². The minimum atomic E-state index is -4.66. The van der Waals surface area contributed by atoms with E-state index in [0.29, 0.717) is 54.0 Å². The van der Waals surface area contributed by atoms with Gasteiger partial charge in [0.25, 0.3) is 40.5 Å². The number of aliphatic hydroxyl groups is 3. The number of unbranched alkanes of at least 4 members (excludes halogenated alkanes) is 4. The monoisotopic (exact) mass is 1190 g/mol. The summed E-state index contributed by atoms with van der Waals surface area (Å²) in [6, 6.07) is 8.47. The zero-order valence-electron chi connectivity index (χ0n) is 44.3. The van der Waals surface area contributed by atoms with Crippen molar-refractivity contribution in [1.82, 2.24) is 10.6 Å². The van der Waals surface area contributed by atoms with Crippen LogP contribution < -0.4 is 15.5 Å². The highest BCUT2D eigenvalue weighted by Gasteiger charge is 2.48. The maximum Gasteiger partial charge on any atom is 0.407 e. The molecule has 9 N–H and O–H groups in total. The van der Waals surface area contributed by atoms with Crippen molar-refractivity contribution in [3.8, 4) is 0 Å². The summed E-state index contributed by atoms with van der Waals surface area (Å²) >= 11 is 0. The van der Waals surface area contributed by atoms with E-state index in [0.717, 1.165) is 5.71 Å². The van der Waals surface area contributed by atoms with Gasteiger partial charge in [-0.3, -0.25) is 23.0 Å². The third kappa shape index (κ3) is 17.9. The smallest absolute Gasteiger partial charge is 0.407 e. The van der Waals surface area contributed by atoms with Gasteiger partial charge in [-0.1, -0.05) is 24.6 Å². The molecule has 3 aliphatic rings. The first kappa shape index (κ1) is 65.1. The number of nitrogens with zero attached hydrogens (tertiary/aromatic N) is 2. The second-order valence-corrected chi connectivity index (χ2v) is 25.9. The Hall–Kier alpha value is -4.73. The highest BCUT2D eigenvalue weighted by atomic mass is 32.2. The largest absolute Gasteiger partial charge is 0.438 e. The molecule has 3 heterocycles. The molecular formula is C50H73N4O21S4+. The SMILES string of the molecule is CNC(=O)O[C@@H]1[C@@H](OCCOCCNC(=O)CCCCC[N+]2=C(C=CC=CC=C3N(CCCCS(=O)(=O)O)c4ccc(S(=O)(=O)O)cc4C3(C)CCCCS(=O)(=O)O)C(C)(C)c3cc(S(=O)(=O)O)ccc32)O[C@H](CO)[C@@H](O)[C@@H]1O. The van der Waals surface area contributed by atoms with E-state index in [1.54, 1.807) is 30.4 Å². The van der Waals surface area contributed by atoms with E-state index in [1.807, 2.05) is 36.3 Å². The topological polar surface area (TPSA) is 380 Å². The number of nitrogens with one attached hydrogen (secondary N) is 2. The van der Waals surface area contributed by atoms with Crippen molar-refractivity contribution in [3.05, 3.63) is 83.6 Å². The Balaban J connectivity index is 1.26. The number of alkyl carbamates (subject to hydrolysis) is 1. The molecule has 442 valence electrons. The zero-order chi connectivity index (χ0) is 58.6. The first-order chi connectivity index (χ1) is 36.9. The predicted molar refractivity (Wildman–Crippen MR) is 288 cm³/mol. The summed E-state index contributed by atoms with van der Waals surface area (Å²) in [5, 5.41) is 35.2. The number of allylic oxidation sites excluding steroid dienone is 6. The van der Waals surface area contributed by atoms with Crippen LogP contribution in [0.1, 0.15) is 89.7 Å². The molecule has 2 aromatic carbocycles. The molecule has 0 saturated carbocycles. The molecular weight excluding hydrogens is 1120 g/mol. The Morgan fingerprint density at radius 2 is 1.42 bits per heavy atom. The van der Waals surface area contributed by atoms with Crippen molar-refractivity contribution < 1.29 is 100 Å². The van der Waals surface area contributed by atoms with Crippen LogP contribution in [0.2, 0.25) is 0 Å². The van der Waals surface area contributed by atoms with E-state index in [2.05, 4.69) is 10.6 Å². The van der Waals surface area contributed by atoms with Crippen LogP contribution in [-0.2, 0) is 75.0 Å². The highest BCUT2D eigenvalue weighted by molar-refractivity contribution is 7.86. The van der Waals surface area contributed by atoms with Gasteiger partial charge in [-0.25, -0.2) is 4.79 Å². The lowest BCUT2D eigenvalue weighted by Crippen LogP contribution is -2.61. The molecule has 1 saturated heterocycles. The molecule has 0 aliphatic carbocycles. The second kappa shape index (κ2) is 27.8. The molecule has 2 amide bonds. The fourth-order valence-corrected chi connectivity index (χ4v) is 12.0. The first-order valence-corrected chi connectivity index (χ1v) is 31.6. The third-order valence-electron chi connectivity index (χ3n) is 13.9. The Bertz CT molecular complexity index is 3070. The van der Waals surface area contributed by atoms with Crippen LogP contribution in [0.25, 0.3) is 0 Å². The number of benzene rings is 2. The molecule has 6 atom stereocenters. The molecule has 25 nitrogen and oxygen atoms in total. The van der Waals surface area contributed by atoms with Gasteiger partial charge in [0, 0.05) is 67.5 Å². The number of rotatable bonds is 30. The van der Waals surface area contributed by atoms with Crippen LogP contribution >= 0.6 is 0 Å². The van der Waals surface area contributed by atoms with Gasteiger partial charge in [0.15, 0.2) is 18.1 Å². The van der Waals surface area contributed by atoms with E-state index in [1.165, 1.54) is 37.4 Å². The Morgan fingerprint density at radius 3 is 2.05 bits per heavy atom. The van der Waals surface area contributed by atoms with Gasteiger partial charge >= 0.3 is 6.09 Å². The van der Waals surface area contributed by atoms with Gasteiger partial charge in [-0.2, -0.15) is 38.2 Å². The van der Waals surface area contributed by atoms with Crippen LogP contribution in [0.5, 0.6) is 0 Å². The fraction of sp³-hybridized carbons (Fsp3) is 0.580. The molecule has 5 rings (SSSR count). The van der Waals surface area contributed by atoms with E-state index < -0.39 is 106 Å². The summed E-state index contributed by atoms with van der Waals surface area (Å²) in [7, 11) is -16.5. The summed E-state index contributed by atoms with van der Waals surface area (Å²) in [6.07, 6.45) is 3.90. The number of carbonyl (C=O) groups excluding carboxylic acids is 2. The Labute approximate surface area is 461 Å². The number of fused-ring (bicyclic) bond motifs is 2. The number of anilines is 1. The minimum absolute atomic E-state index is 0.0245. The van der Waals surface area contributed by atoms with Crippen LogP contribution in [0, 0.1) is 0 Å². The predicted octanol–water partition coefficient (Wildman–Crippen LogP) is 2.93. The van der Waals surface area contributed by atoms with Crippen molar-refractivity contribution in [2.75, 3.05) is 69.5 Å². The van der Waals surface area contributed by atoms with Crippen LogP contribution in [0.4, 0.5) is 16.2 Å². The number of ether oxygens (including phenoxy) is 4. The number of amides is 2. The molecule has 79 heavy (non-hydrogen) atoms. The second-order valence-electron chi connectivity index (χ2n) is 20.0. The summed E-state index contributed by atoms with van der Waals surface area (Å²) in [6.45, 7) is 5.95. The molecule has 3 aliphatic heterocycles. The Morgan fingerprint density at radius 1 is 0.772 bits per heavy atom. The lowest BCUT2D eigenvalue weighted by atomic mass is 9.77. The summed E-state index contributed by atoms with van der Waals surface area (Å²) in [5.41, 5.74) is 2.02. The first-order valence-electron chi connectivity index (χ1n) is 25.5. The molecule has 29 heteroatoms. The van der Waals surface area contributed by atoms with Crippen LogP contribution in [-0.4, -0.2) is 185 Å². The molecule has 0 spiro atoms. The summed E-state index contributed by atoms with van der Waals surface area (Å²) < 4.78 is 158. The molecule has 0 radical (unpaired) electrons. The molecule has 1 unspecified atom stereocenters. The number of hydrogen-bond acceptors (Lipinski definition) is 18. The molecule has 1 fully saturated rings. The maximum atomic E-state index is 12.7. The van der Waals surface area contributed by atoms with Gasteiger partial charge in [0.05, 0.1) is 53.1 Å². The van der Waals surface area contributed by atoms with Gasteiger partial charge in [0.1, 0.15) is 24.9 Å². The van der Waals surface area contributed by atoms with Gasteiger partial charge in [-0.15, -0.1) is 0 Å².